The lowest BCUT2D eigenvalue weighted by atomic mass is 10.1. The van der Waals surface area contributed by atoms with Crippen molar-refractivity contribution in [1.82, 2.24) is 4.57 Å². The van der Waals surface area contributed by atoms with Crippen molar-refractivity contribution in [3.05, 3.63) is 36.0 Å². The maximum Gasteiger partial charge on any atom is 0.104 e. The van der Waals surface area contributed by atoms with Crippen molar-refractivity contribution in [2.24, 2.45) is 11.7 Å². The SMILES string of the molecule is CC(C)CCn1ccc2c(C(N)=S)cccc21. The van der Waals surface area contributed by atoms with Gasteiger partial charge in [-0.05, 0) is 24.5 Å². The molecule has 3 heteroatoms. The summed E-state index contributed by atoms with van der Waals surface area (Å²) in [6, 6.07) is 8.22. The highest BCUT2D eigenvalue weighted by molar-refractivity contribution is 7.80. The quantitative estimate of drug-likeness (QED) is 0.839. The summed E-state index contributed by atoms with van der Waals surface area (Å²) in [4.78, 5) is 0.470. The molecular formula is C14H18N2S. The van der Waals surface area contributed by atoms with Gasteiger partial charge in [0.2, 0.25) is 0 Å². The van der Waals surface area contributed by atoms with Gasteiger partial charge in [-0.2, -0.15) is 0 Å². The molecule has 0 aliphatic rings. The van der Waals surface area contributed by atoms with Crippen molar-refractivity contribution in [1.29, 1.82) is 0 Å². The van der Waals surface area contributed by atoms with E-state index in [2.05, 4.69) is 36.7 Å². The van der Waals surface area contributed by atoms with Crippen LogP contribution < -0.4 is 5.73 Å². The van der Waals surface area contributed by atoms with Crippen molar-refractivity contribution >= 4 is 28.1 Å². The second-order valence-electron chi connectivity index (χ2n) is 4.79. The van der Waals surface area contributed by atoms with Crippen LogP contribution >= 0.6 is 12.2 Å². The fraction of sp³-hybridized carbons (Fsp3) is 0.357. The molecule has 0 atom stereocenters. The first-order valence-electron chi connectivity index (χ1n) is 5.97. The third-order valence-electron chi connectivity index (χ3n) is 3.03. The highest BCUT2D eigenvalue weighted by atomic mass is 32.1. The second-order valence-corrected chi connectivity index (χ2v) is 5.23. The van der Waals surface area contributed by atoms with Crippen LogP contribution in [0.3, 0.4) is 0 Å². The summed E-state index contributed by atoms with van der Waals surface area (Å²) in [5, 5.41) is 1.16. The van der Waals surface area contributed by atoms with E-state index in [0.29, 0.717) is 10.9 Å². The molecule has 0 aliphatic carbocycles. The summed E-state index contributed by atoms with van der Waals surface area (Å²) in [5.41, 5.74) is 7.92. The summed E-state index contributed by atoms with van der Waals surface area (Å²) in [6.45, 7) is 5.53. The van der Waals surface area contributed by atoms with Gasteiger partial charge in [-0.1, -0.05) is 38.2 Å². The topological polar surface area (TPSA) is 30.9 Å². The van der Waals surface area contributed by atoms with Crippen molar-refractivity contribution < 1.29 is 0 Å². The lowest BCUT2D eigenvalue weighted by Crippen LogP contribution is -2.09. The average molecular weight is 246 g/mol. The molecule has 1 aromatic carbocycles. The second kappa shape index (κ2) is 4.88. The molecule has 2 N–H and O–H groups in total. The number of hydrogen-bond donors (Lipinski definition) is 1. The van der Waals surface area contributed by atoms with Crippen molar-refractivity contribution in [2.75, 3.05) is 0 Å². The average Bonchev–Trinajstić information content (AvgIpc) is 2.68. The molecule has 1 heterocycles. The Morgan fingerprint density at radius 3 is 2.76 bits per heavy atom. The molecule has 0 radical (unpaired) electrons. The Bertz CT molecular complexity index is 540. The van der Waals surface area contributed by atoms with Crippen LogP contribution in [0.1, 0.15) is 25.8 Å². The molecule has 17 heavy (non-hydrogen) atoms. The number of aromatic nitrogens is 1. The first kappa shape index (κ1) is 12.1. The Morgan fingerprint density at radius 1 is 1.35 bits per heavy atom. The lowest BCUT2D eigenvalue weighted by Gasteiger charge is -2.08. The lowest BCUT2D eigenvalue weighted by molar-refractivity contribution is 0.524. The summed E-state index contributed by atoms with van der Waals surface area (Å²) in [6.07, 6.45) is 3.30. The van der Waals surface area contributed by atoms with Gasteiger partial charge in [0.25, 0.3) is 0 Å². The minimum absolute atomic E-state index is 0.470. The van der Waals surface area contributed by atoms with E-state index in [-0.39, 0.29) is 0 Å². The number of fused-ring (bicyclic) bond motifs is 1. The number of rotatable bonds is 4. The Labute approximate surface area is 107 Å². The molecule has 2 aromatic rings. The minimum atomic E-state index is 0.470. The fourth-order valence-corrected chi connectivity index (χ4v) is 2.21. The Balaban J connectivity index is 2.40. The monoisotopic (exact) mass is 246 g/mol. The van der Waals surface area contributed by atoms with Gasteiger partial charge in [-0.3, -0.25) is 0 Å². The van der Waals surface area contributed by atoms with E-state index in [1.54, 1.807) is 0 Å². The molecule has 0 saturated heterocycles. The number of nitrogens with zero attached hydrogens (tertiary/aromatic N) is 1. The van der Waals surface area contributed by atoms with E-state index in [4.69, 9.17) is 18.0 Å². The standard InChI is InChI=1S/C14H18N2S/c1-10(2)6-8-16-9-7-11-12(14(15)17)4-3-5-13(11)16/h3-5,7,9-10H,6,8H2,1-2H3,(H2,15,17). The van der Waals surface area contributed by atoms with Gasteiger partial charge in [-0.15, -0.1) is 0 Å². The Hall–Kier alpha value is -1.35. The Morgan fingerprint density at radius 2 is 2.12 bits per heavy atom. The van der Waals surface area contributed by atoms with Crippen LogP contribution in [-0.2, 0) is 6.54 Å². The summed E-state index contributed by atoms with van der Waals surface area (Å²) in [5.74, 6) is 0.714. The van der Waals surface area contributed by atoms with Crippen molar-refractivity contribution in [3.63, 3.8) is 0 Å². The zero-order valence-electron chi connectivity index (χ0n) is 10.3. The van der Waals surface area contributed by atoms with Gasteiger partial charge >= 0.3 is 0 Å². The number of thiocarbonyl (C=S) groups is 1. The van der Waals surface area contributed by atoms with E-state index in [1.807, 2.05) is 12.1 Å². The number of hydrogen-bond acceptors (Lipinski definition) is 1. The van der Waals surface area contributed by atoms with E-state index in [0.717, 1.165) is 17.5 Å². The van der Waals surface area contributed by atoms with Crippen LogP contribution in [0.25, 0.3) is 10.9 Å². The third kappa shape index (κ3) is 2.50. The molecule has 2 rings (SSSR count). The van der Waals surface area contributed by atoms with Gasteiger partial charge in [0, 0.05) is 29.2 Å². The summed E-state index contributed by atoms with van der Waals surface area (Å²) < 4.78 is 2.27. The molecular weight excluding hydrogens is 228 g/mol. The zero-order valence-corrected chi connectivity index (χ0v) is 11.1. The van der Waals surface area contributed by atoms with Crippen LogP contribution in [-0.4, -0.2) is 9.56 Å². The Kier molecular flexibility index (Phi) is 3.48. The molecule has 0 saturated carbocycles. The maximum absolute atomic E-state index is 5.73. The smallest absolute Gasteiger partial charge is 0.104 e. The van der Waals surface area contributed by atoms with Crippen LogP contribution in [0, 0.1) is 5.92 Å². The van der Waals surface area contributed by atoms with Crippen LogP contribution in [0.4, 0.5) is 0 Å². The number of aryl methyl sites for hydroxylation is 1. The number of nitrogens with two attached hydrogens (primary N) is 1. The fourth-order valence-electron chi connectivity index (χ4n) is 2.03. The third-order valence-corrected chi connectivity index (χ3v) is 3.25. The molecule has 0 spiro atoms. The highest BCUT2D eigenvalue weighted by Crippen LogP contribution is 2.21. The molecule has 0 amide bonds. The van der Waals surface area contributed by atoms with Gasteiger partial charge in [0.1, 0.15) is 4.99 Å². The first-order valence-corrected chi connectivity index (χ1v) is 6.38. The maximum atomic E-state index is 5.73. The van der Waals surface area contributed by atoms with E-state index < -0.39 is 0 Å². The summed E-state index contributed by atoms with van der Waals surface area (Å²) >= 11 is 5.07. The van der Waals surface area contributed by atoms with Crippen molar-refractivity contribution in [2.45, 2.75) is 26.8 Å². The van der Waals surface area contributed by atoms with E-state index >= 15 is 0 Å². The number of benzene rings is 1. The minimum Gasteiger partial charge on any atom is -0.389 e. The first-order chi connectivity index (χ1) is 8.09. The molecule has 0 fully saturated rings. The highest BCUT2D eigenvalue weighted by Gasteiger charge is 2.07. The van der Waals surface area contributed by atoms with Gasteiger partial charge in [0.05, 0.1) is 0 Å². The zero-order chi connectivity index (χ0) is 12.4. The summed E-state index contributed by atoms with van der Waals surface area (Å²) in [7, 11) is 0. The van der Waals surface area contributed by atoms with Gasteiger partial charge < -0.3 is 10.3 Å². The predicted molar refractivity (Wildman–Crippen MR) is 77.3 cm³/mol. The largest absolute Gasteiger partial charge is 0.389 e. The van der Waals surface area contributed by atoms with E-state index in [9.17, 15) is 0 Å². The molecule has 0 unspecified atom stereocenters. The van der Waals surface area contributed by atoms with Gasteiger partial charge in [-0.25, -0.2) is 0 Å². The molecule has 0 aliphatic heterocycles. The predicted octanol–water partition coefficient (Wildman–Crippen LogP) is 3.32. The van der Waals surface area contributed by atoms with Crippen molar-refractivity contribution in [3.8, 4) is 0 Å². The van der Waals surface area contributed by atoms with Gasteiger partial charge in [0.15, 0.2) is 0 Å². The molecule has 0 bridgehead atoms. The van der Waals surface area contributed by atoms with Crippen LogP contribution in [0.2, 0.25) is 0 Å². The normalized spacial score (nSPS) is 11.2. The van der Waals surface area contributed by atoms with E-state index in [1.165, 1.54) is 11.9 Å². The molecule has 2 nitrogen and oxygen atoms in total. The van der Waals surface area contributed by atoms with Crippen LogP contribution in [0.15, 0.2) is 30.5 Å². The molecule has 1 aromatic heterocycles. The molecule has 90 valence electrons. The van der Waals surface area contributed by atoms with Crippen LogP contribution in [0.5, 0.6) is 0 Å².